The molecular weight excluding hydrogens is 290 g/mol. The first-order valence-corrected chi connectivity index (χ1v) is 6.93. The number of fused-ring (bicyclic) bond motifs is 1. The van der Waals surface area contributed by atoms with Gasteiger partial charge in [0.1, 0.15) is 25.0 Å². The smallest absolute Gasteiger partial charge is 0.163 e. The van der Waals surface area contributed by atoms with Crippen LogP contribution in [0.1, 0.15) is 11.3 Å². The summed E-state index contributed by atoms with van der Waals surface area (Å²) in [4.78, 5) is 0. The zero-order valence-corrected chi connectivity index (χ0v) is 12.3. The number of halogens is 1. The van der Waals surface area contributed by atoms with E-state index < -0.39 is 0 Å². The minimum atomic E-state index is 0.539. The van der Waals surface area contributed by atoms with Crippen LogP contribution in [0.3, 0.4) is 0 Å². The summed E-state index contributed by atoms with van der Waals surface area (Å²) >= 11 is 6.24. The number of nitrogens with zero attached hydrogens (tertiary/aromatic N) is 2. The van der Waals surface area contributed by atoms with Crippen molar-refractivity contribution in [2.24, 2.45) is 7.05 Å². The molecule has 1 aromatic carbocycles. The molecule has 6 heteroatoms. The van der Waals surface area contributed by atoms with Crippen LogP contribution in [0.25, 0.3) is 0 Å². The predicted molar refractivity (Wildman–Crippen MR) is 79.9 cm³/mol. The van der Waals surface area contributed by atoms with Crippen LogP contribution in [-0.4, -0.2) is 17.8 Å². The Morgan fingerprint density at radius 1 is 1.29 bits per heavy atom. The molecule has 1 aliphatic heterocycles. The van der Waals surface area contributed by atoms with Crippen molar-refractivity contribution in [3.05, 3.63) is 40.7 Å². The van der Waals surface area contributed by atoms with Crippen molar-refractivity contribution in [1.29, 1.82) is 5.26 Å². The number of anilines is 1. The van der Waals surface area contributed by atoms with Crippen molar-refractivity contribution in [3.63, 3.8) is 0 Å². The van der Waals surface area contributed by atoms with Gasteiger partial charge in [0.2, 0.25) is 0 Å². The van der Waals surface area contributed by atoms with Crippen molar-refractivity contribution >= 4 is 17.3 Å². The van der Waals surface area contributed by atoms with Gasteiger partial charge in [-0.2, -0.15) is 5.26 Å². The maximum atomic E-state index is 8.95. The number of benzene rings is 1. The molecule has 0 fully saturated rings. The van der Waals surface area contributed by atoms with E-state index in [9.17, 15) is 0 Å². The normalized spacial score (nSPS) is 12.8. The number of rotatable bonds is 3. The van der Waals surface area contributed by atoms with Crippen LogP contribution in [0.5, 0.6) is 11.5 Å². The molecule has 108 valence electrons. The summed E-state index contributed by atoms with van der Waals surface area (Å²) < 4.78 is 12.8. The number of nitriles is 1. The molecule has 1 N–H and O–H groups in total. The Bertz CT molecular complexity index is 718. The lowest BCUT2D eigenvalue weighted by Gasteiger charge is -2.20. The molecule has 3 rings (SSSR count). The maximum absolute atomic E-state index is 8.95. The zero-order chi connectivity index (χ0) is 14.8. The van der Waals surface area contributed by atoms with E-state index in [0.717, 1.165) is 11.3 Å². The van der Waals surface area contributed by atoms with Crippen LogP contribution >= 0.6 is 11.6 Å². The average Bonchev–Trinajstić information content (AvgIpc) is 2.85. The van der Waals surface area contributed by atoms with E-state index in [-0.39, 0.29) is 0 Å². The monoisotopic (exact) mass is 303 g/mol. The van der Waals surface area contributed by atoms with Gasteiger partial charge in [0, 0.05) is 31.9 Å². The highest BCUT2D eigenvalue weighted by atomic mass is 35.5. The van der Waals surface area contributed by atoms with Crippen molar-refractivity contribution < 1.29 is 9.47 Å². The van der Waals surface area contributed by atoms with Gasteiger partial charge in [0.15, 0.2) is 11.5 Å². The first-order valence-electron chi connectivity index (χ1n) is 6.56. The van der Waals surface area contributed by atoms with Gasteiger partial charge in [0.25, 0.3) is 0 Å². The highest BCUT2D eigenvalue weighted by Gasteiger charge is 2.15. The lowest BCUT2D eigenvalue weighted by molar-refractivity contribution is 0.171. The van der Waals surface area contributed by atoms with Crippen LogP contribution in [-0.2, 0) is 13.6 Å². The van der Waals surface area contributed by atoms with E-state index >= 15 is 0 Å². The molecule has 0 radical (unpaired) electrons. The SMILES string of the molecule is Cn1cc(CNc2cc3c(cc2Cl)OCCO3)cc1C#N. The fourth-order valence-corrected chi connectivity index (χ4v) is 2.46. The molecule has 1 aliphatic rings. The molecule has 0 saturated heterocycles. The third-order valence-electron chi connectivity index (χ3n) is 3.29. The van der Waals surface area contributed by atoms with E-state index in [4.69, 9.17) is 26.3 Å². The van der Waals surface area contributed by atoms with E-state index in [1.165, 1.54) is 0 Å². The molecular formula is C15H14ClN3O2. The lowest BCUT2D eigenvalue weighted by Crippen LogP contribution is -2.15. The third kappa shape index (κ3) is 2.76. The Hall–Kier alpha value is -2.32. The third-order valence-corrected chi connectivity index (χ3v) is 3.60. The topological polar surface area (TPSA) is 59.2 Å². The van der Waals surface area contributed by atoms with Gasteiger partial charge in [-0.3, -0.25) is 0 Å². The number of hydrogen-bond acceptors (Lipinski definition) is 4. The van der Waals surface area contributed by atoms with Gasteiger partial charge in [-0.1, -0.05) is 11.6 Å². The molecule has 2 heterocycles. The molecule has 0 atom stereocenters. The van der Waals surface area contributed by atoms with Crippen LogP contribution in [0.15, 0.2) is 24.4 Å². The Balaban J connectivity index is 1.77. The van der Waals surface area contributed by atoms with E-state index in [1.54, 1.807) is 10.6 Å². The predicted octanol–water partition coefficient (Wildman–Crippen LogP) is 2.93. The number of nitrogens with one attached hydrogen (secondary N) is 1. The Morgan fingerprint density at radius 3 is 2.67 bits per heavy atom. The number of ether oxygens (including phenoxy) is 2. The van der Waals surface area contributed by atoms with Gasteiger partial charge in [0.05, 0.1) is 10.7 Å². The van der Waals surface area contributed by atoms with Crippen molar-refractivity contribution in [2.45, 2.75) is 6.54 Å². The lowest BCUT2D eigenvalue weighted by atomic mass is 10.2. The maximum Gasteiger partial charge on any atom is 0.163 e. The first-order chi connectivity index (χ1) is 10.2. The molecule has 0 amide bonds. The Labute approximate surface area is 127 Å². The molecule has 2 aromatic rings. The quantitative estimate of drug-likeness (QED) is 0.947. The minimum absolute atomic E-state index is 0.539. The molecule has 5 nitrogen and oxygen atoms in total. The summed E-state index contributed by atoms with van der Waals surface area (Å²) in [5.74, 6) is 1.36. The largest absolute Gasteiger partial charge is 0.486 e. The van der Waals surface area contributed by atoms with Crippen LogP contribution in [0.4, 0.5) is 5.69 Å². The standard InChI is InChI=1S/C15H14ClN3O2/c1-19-9-10(4-11(19)7-17)8-18-13-6-15-14(5-12(13)16)20-2-3-21-15/h4-6,9,18H,2-3,8H2,1H3. The van der Waals surface area contributed by atoms with Gasteiger partial charge in [-0.15, -0.1) is 0 Å². The molecule has 0 saturated carbocycles. The summed E-state index contributed by atoms with van der Waals surface area (Å²) in [6.07, 6.45) is 1.91. The summed E-state index contributed by atoms with van der Waals surface area (Å²) in [7, 11) is 1.85. The van der Waals surface area contributed by atoms with Gasteiger partial charge >= 0.3 is 0 Å². The highest BCUT2D eigenvalue weighted by molar-refractivity contribution is 6.33. The Kier molecular flexibility index (Phi) is 3.63. The number of hydrogen-bond donors (Lipinski definition) is 1. The first kappa shape index (κ1) is 13.7. The van der Waals surface area contributed by atoms with Crippen LogP contribution < -0.4 is 14.8 Å². The zero-order valence-electron chi connectivity index (χ0n) is 11.5. The summed E-state index contributed by atoms with van der Waals surface area (Å²) in [5, 5.41) is 12.8. The van der Waals surface area contributed by atoms with E-state index in [2.05, 4.69) is 11.4 Å². The van der Waals surface area contributed by atoms with Crippen LogP contribution in [0.2, 0.25) is 5.02 Å². The fourth-order valence-electron chi connectivity index (χ4n) is 2.24. The highest BCUT2D eigenvalue weighted by Crippen LogP contribution is 2.38. The average molecular weight is 304 g/mol. The van der Waals surface area contributed by atoms with Gasteiger partial charge in [-0.25, -0.2) is 0 Å². The van der Waals surface area contributed by atoms with Crippen molar-refractivity contribution in [3.8, 4) is 17.6 Å². The summed E-state index contributed by atoms with van der Waals surface area (Å²) in [6, 6.07) is 7.58. The Morgan fingerprint density at radius 2 is 2.00 bits per heavy atom. The second-order valence-electron chi connectivity index (χ2n) is 4.79. The minimum Gasteiger partial charge on any atom is -0.486 e. The van der Waals surface area contributed by atoms with Crippen LogP contribution in [0, 0.1) is 11.3 Å². The molecule has 0 unspecified atom stereocenters. The van der Waals surface area contributed by atoms with Gasteiger partial charge < -0.3 is 19.4 Å². The van der Waals surface area contributed by atoms with Gasteiger partial charge in [-0.05, 0) is 11.6 Å². The molecule has 0 aliphatic carbocycles. The van der Waals surface area contributed by atoms with E-state index in [0.29, 0.717) is 42.0 Å². The number of aryl methyl sites for hydroxylation is 1. The second-order valence-corrected chi connectivity index (χ2v) is 5.19. The van der Waals surface area contributed by atoms with E-state index in [1.807, 2.05) is 25.4 Å². The van der Waals surface area contributed by atoms with Crippen molar-refractivity contribution in [1.82, 2.24) is 4.57 Å². The van der Waals surface area contributed by atoms with Crippen molar-refractivity contribution in [2.75, 3.05) is 18.5 Å². The fraction of sp³-hybridized carbons (Fsp3) is 0.267. The molecule has 0 spiro atoms. The molecule has 1 aromatic heterocycles. The summed E-state index contributed by atoms with van der Waals surface area (Å²) in [6.45, 7) is 1.66. The molecule has 0 bridgehead atoms. The second kappa shape index (κ2) is 5.58. The number of aromatic nitrogens is 1. The summed E-state index contributed by atoms with van der Waals surface area (Å²) in [5.41, 5.74) is 2.42. The molecule has 21 heavy (non-hydrogen) atoms.